The van der Waals surface area contributed by atoms with Gasteiger partial charge >= 0.3 is 0 Å². The number of anilines is 2. The van der Waals surface area contributed by atoms with Crippen LogP contribution in [0.15, 0.2) is 54.6 Å². The van der Waals surface area contributed by atoms with Crippen LogP contribution in [0.5, 0.6) is 5.75 Å². The molecule has 1 aliphatic heterocycles. The molecule has 2 aliphatic carbocycles. The molecule has 3 atom stereocenters. The van der Waals surface area contributed by atoms with E-state index in [-0.39, 0.29) is 18.0 Å². The number of fused-ring (bicyclic) bond motifs is 4. The highest BCUT2D eigenvalue weighted by Gasteiger charge is 2.47. The average Bonchev–Trinajstić information content (AvgIpc) is 3.45. The van der Waals surface area contributed by atoms with E-state index >= 15 is 0 Å². The Kier molecular flexibility index (Phi) is 6.35. The molecular weight excluding hydrogens is 568 g/mol. The highest BCUT2D eigenvalue weighted by molar-refractivity contribution is 6.00. The lowest BCUT2D eigenvalue weighted by molar-refractivity contribution is 0.0700. The molecule has 2 bridgehead atoms. The van der Waals surface area contributed by atoms with Crippen LogP contribution in [0.25, 0.3) is 33.6 Å². The molecule has 230 valence electrons. The normalized spacial score (nSPS) is 20.8. The zero-order valence-corrected chi connectivity index (χ0v) is 25.4. The first kappa shape index (κ1) is 27.6. The second-order valence-electron chi connectivity index (χ2n) is 12.7. The number of imidazole rings is 1. The Hall–Kier alpha value is -4.90. The Balaban J connectivity index is 1.19. The van der Waals surface area contributed by atoms with E-state index < -0.39 is 5.91 Å². The molecule has 11 heteroatoms. The van der Waals surface area contributed by atoms with Gasteiger partial charge in [-0.25, -0.2) is 9.97 Å². The fourth-order valence-corrected chi connectivity index (χ4v) is 7.29. The number of carbonyl (C=O) groups excluding carboxylic acids is 2. The van der Waals surface area contributed by atoms with Gasteiger partial charge in [0.25, 0.3) is 5.91 Å². The first-order valence-electron chi connectivity index (χ1n) is 15.6. The van der Waals surface area contributed by atoms with Crippen molar-refractivity contribution in [2.24, 2.45) is 30.4 Å². The first-order chi connectivity index (χ1) is 21.8. The van der Waals surface area contributed by atoms with E-state index in [1.54, 1.807) is 25.3 Å². The number of carbonyl (C=O) groups is 2. The van der Waals surface area contributed by atoms with Crippen molar-refractivity contribution in [3.63, 3.8) is 0 Å². The molecule has 5 aromatic rings. The maximum Gasteiger partial charge on any atom is 0.254 e. The van der Waals surface area contributed by atoms with E-state index in [1.807, 2.05) is 46.8 Å². The van der Waals surface area contributed by atoms with Gasteiger partial charge in [-0.1, -0.05) is 6.07 Å². The number of ether oxygens (including phenoxy) is 1. The minimum absolute atomic E-state index is 0.0153. The number of nitrogens with two attached hydrogens (primary N) is 2. The van der Waals surface area contributed by atoms with Crippen LogP contribution in [-0.2, 0) is 13.6 Å². The summed E-state index contributed by atoms with van der Waals surface area (Å²) in [5, 5.41) is 4.32. The highest BCUT2D eigenvalue weighted by Crippen LogP contribution is 2.40. The number of primary amides is 1. The van der Waals surface area contributed by atoms with Crippen molar-refractivity contribution >= 4 is 45.4 Å². The van der Waals surface area contributed by atoms with Crippen molar-refractivity contribution < 1.29 is 14.3 Å². The third kappa shape index (κ3) is 4.61. The number of hydrogen-bond donors (Lipinski definition) is 3. The third-order valence-corrected chi connectivity index (χ3v) is 9.85. The molecule has 11 nitrogen and oxygen atoms in total. The number of nitrogens with zero attached hydrogens (tertiary/aromatic N) is 5. The predicted molar refractivity (Wildman–Crippen MR) is 172 cm³/mol. The lowest BCUT2D eigenvalue weighted by Crippen LogP contribution is -2.41. The largest absolute Gasteiger partial charge is 0.494 e. The van der Waals surface area contributed by atoms with Crippen LogP contribution in [0.2, 0.25) is 0 Å². The van der Waals surface area contributed by atoms with Gasteiger partial charge in [0, 0.05) is 54.4 Å². The quantitative estimate of drug-likeness (QED) is 0.238. The molecule has 5 N–H and O–H groups in total. The summed E-state index contributed by atoms with van der Waals surface area (Å²) in [5.74, 6) is 2.52. The van der Waals surface area contributed by atoms with Crippen LogP contribution >= 0.6 is 0 Å². The number of pyridine rings is 1. The SMILES string of the molecule is COc1cc(C(=O)N2C[C@H]3CC[C@@H]2[C@@H]3N)cc2nc(-c3cc4ccc(Nc5cccc(C(N)=O)c5)nc4n3CC3CC3)n(C)c12. The number of methoxy groups -OCH3 is 1. The number of rotatable bonds is 8. The lowest BCUT2D eigenvalue weighted by Gasteiger charge is -2.27. The molecule has 3 aliphatic rings. The van der Waals surface area contributed by atoms with Crippen molar-refractivity contribution in [2.75, 3.05) is 19.0 Å². The van der Waals surface area contributed by atoms with Crippen LogP contribution in [0, 0.1) is 11.8 Å². The van der Waals surface area contributed by atoms with Crippen LogP contribution in [0.1, 0.15) is 46.4 Å². The van der Waals surface area contributed by atoms with Gasteiger partial charge < -0.3 is 35.6 Å². The van der Waals surface area contributed by atoms with Gasteiger partial charge in [0.05, 0.1) is 18.3 Å². The number of hydrogen-bond acceptors (Lipinski definition) is 7. The van der Waals surface area contributed by atoms with Crippen LogP contribution in [0.4, 0.5) is 11.5 Å². The van der Waals surface area contributed by atoms with Gasteiger partial charge in [0.15, 0.2) is 5.82 Å². The second-order valence-corrected chi connectivity index (χ2v) is 12.7. The van der Waals surface area contributed by atoms with Gasteiger partial charge in [-0.05, 0) is 86.1 Å². The molecule has 8 rings (SSSR count). The molecule has 0 spiro atoms. The molecule has 3 fully saturated rings. The number of aromatic nitrogens is 4. The summed E-state index contributed by atoms with van der Waals surface area (Å²) >= 11 is 0. The van der Waals surface area contributed by atoms with E-state index in [9.17, 15) is 9.59 Å². The third-order valence-electron chi connectivity index (χ3n) is 9.85. The van der Waals surface area contributed by atoms with E-state index in [0.717, 1.165) is 53.1 Å². The second kappa shape index (κ2) is 10.3. The first-order valence-corrected chi connectivity index (χ1v) is 15.6. The number of nitrogens with one attached hydrogen (secondary N) is 1. The van der Waals surface area contributed by atoms with Gasteiger partial charge in [-0.3, -0.25) is 9.59 Å². The monoisotopic (exact) mass is 604 g/mol. The van der Waals surface area contributed by atoms with Crippen LogP contribution in [0.3, 0.4) is 0 Å². The molecule has 0 unspecified atom stereocenters. The van der Waals surface area contributed by atoms with Crippen molar-refractivity contribution in [2.45, 2.75) is 44.3 Å². The van der Waals surface area contributed by atoms with Gasteiger partial charge in [-0.2, -0.15) is 0 Å². The maximum absolute atomic E-state index is 13.7. The number of aryl methyl sites for hydroxylation is 1. The van der Waals surface area contributed by atoms with E-state index in [4.69, 9.17) is 26.2 Å². The van der Waals surface area contributed by atoms with Crippen LogP contribution < -0.4 is 21.5 Å². The smallest absolute Gasteiger partial charge is 0.254 e. The van der Waals surface area contributed by atoms with Gasteiger partial charge in [0.1, 0.15) is 22.7 Å². The molecule has 2 amide bonds. The molecule has 1 saturated heterocycles. The summed E-state index contributed by atoms with van der Waals surface area (Å²) in [6.07, 6.45) is 4.41. The summed E-state index contributed by atoms with van der Waals surface area (Å²) in [4.78, 5) is 37.5. The van der Waals surface area contributed by atoms with E-state index in [0.29, 0.717) is 46.6 Å². The summed E-state index contributed by atoms with van der Waals surface area (Å²) in [6.45, 7) is 1.54. The van der Waals surface area contributed by atoms with Gasteiger partial charge in [0.2, 0.25) is 5.91 Å². The van der Waals surface area contributed by atoms with Crippen molar-refractivity contribution in [3.05, 3.63) is 65.7 Å². The summed E-state index contributed by atoms with van der Waals surface area (Å²) < 4.78 is 10.1. The Morgan fingerprint density at radius 1 is 1.02 bits per heavy atom. The lowest BCUT2D eigenvalue weighted by atomic mass is 10.1. The van der Waals surface area contributed by atoms with Crippen molar-refractivity contribution in [1.82, 2.24) is 24.0 Å². The van der Waals surface area contributed by atoms with Crippen LogP contribution in [-0.4, -0.2) is 61.6 Å². The molecule has 3 aromatic heterocycles. The van der Waals surface area contributed by atoms with E-state index in [1.165, 1.54) is 12.8 Å². The molecule has 2 saturated carbocycles. The molecule has 45 heavy (non-hydrogen) atoms. The van der Waals surface area contributed by atoms with Gasteiger partial charge in [-0.15, -0.1) is 0 Å². The number of likely N-dealkylation sites (tertiary alicyclic amines) is 1. The Morgan fingerprint density at radius 3 is 2.58 bits per heavy atom. The molecule has 4 heterocycles. The number of piperidine rings is 1. The fraction of sp³-hybridized carbons (Fsp3) is 0.353. The average molecular weight is 605 g/mol. The Morgan fingerprint density at radius 2 is 1.87 bits per heavy atom. The van der Waals surface area contributed by atoms with Crippen molar-refractivity contribution in [1.29, 1.82) is 0 Å². The minimum Gasteiger partial charge on any atom is -0.494 e. The molecule has 0 radical (unpaired) electrons. The Bertz CT molecular complexity index is 2010. The summed E-state index contributed by atoms with van der Waals surface area (Å²) in [5.41, 5.74) is 17.0. The fourth-order valence-electron chi connectivity index (χ4n) is 7.29. The Labute approximate surface area is 260 Å². The zero-order valence-electron chi connectivity index (χ0n) is 25.4. The number of benzene rings is 2. The van der Waals surface area contributed by atoms with Crippen molar-refractivity contribution in [3.8, 4) is 17.3 Å². The minimum atomic E-state index is -0.479. The summed E-state index contributed by atoms with van der Waals surface area (Å²) in [7, 11) is 3.61. The molecule has 2 aromatic carbocycles. The summed E-state index contributed by atoms with van der Waals surface area (Å²) in [6, 6.07) is 17.0. The highest BCUT2D eigenvalue weighted by atomic mass is 16.5. The molecular formula is C34H36N8O3. The number of amides is 2. The van der Waals surface area contributed by atoms with E-state index in [2.05, 4.69) is 16.0 Å². The topological polar surface area (TPSA) is 146 Å². The zero-order chi connectivity index (χ0) is 31.0. The standard InChI is InChI=1S/C34H36N8O3/c1-40-30-24(13-22(15-27(30)45-2)34(44)42-17-21-8-10-25(42)29(21)35)38-33(40)26-14-20-9-11-28(39-32(20)41(26)16-18-6-7-18)37-23-5-3-4-19(12-23)31(36)43/h3-5,9,11-15,18,21,25,29H,6-8,10,16-17,35H2,1-2H3,(H2,36,43)(H,37,39)/t21-,25-,29-/m1/s1. The maximum atomic E-state index is 13.7. The predicted octanol–water partition coefficient (Wildman–Crippen LogP) is 4.41.